The van der Waals surface area contributed by atoms with Gasteiger partial charge < -0.3 is 5.32 Å². The molecule has 0 amide bonds. The number of para-hydroxylation sites is 1. The van der Waals surface area contributed by atoms with Gasteiger partial charge >= 0.3 is 0 Å². The van der Waals surface area contributed by atoms with Gasteiger partial charge in [-0.1, -0.05) is 23.4 Å². The third kappa shape index (κ3) is 2.80. The number of nitrogens with zero attached hydrogens (tertiary/aromatic N) is 6. The zero-order chi connectivity index (χ0) is 12.9. The van der Waals surface area contributed by atoms with Crippen molar-refractivity contribution in [1.82, 2.24) is 40.9 Å². The monoisotopic (exact) mass is 256 g/mol. The van der Waals surface area contributed by atoms with Gasteiger partial charge in [0.15, 0.2) is 5.82 Å². The molecular formula is C11H12N8. The molecule has 0 radical (unpaired) electrons. The summed E-state index contributed by atoms with van der Waals surface area (Å²) in [5.74, 6) is 0.621. The summed E-state index contributed by atoms with van der Waals surface area (Å²) >= 11 is 0. The molecule has 0 bridgehead atoms. The first-order valence-corrected chi connectivity index (χ1v) is 5.81. The van der Waals surface area contributed by atoms with E-state index in [1.807, 2.05) is 30.3 Å². The van der Waals surface area contributed by atoms with E-state index in [0.29, 0.717) is 18.9 Å². The lowest BCUT2D eigenvalue weighted by Gasteiger charge is -1.98. The number of tetrazole rings is 1. The van der Waals surface area contributed by atoms with Crippen LogP contribution in [0.15, 0.2) is 36.5 Å². The second-order valence-corrected chi connectivity index (χ2v) is 3.89. The first-order valence-electron chi connectivity index (χ1n) is 5.81. The lowest BCUT2D eigenvalue weighted by molar-refractivity contribution is 0.641. The van der Waals surface area contributed by atoms with E-state index in [4.69, 9.17) is 0 Å². The van der Waals surface area contributed by atoms with Crippen molar-refractivity contribution in [2.75, 3.05) is 0 Å². The van der Waals surface area contributed by atoms with Crippen molar-refractivity contribution >= 4 is 0 Å². The molecule has 0 atom stereocenters. The molecule has 3 aromatic rings. The van der Waals surface area contributed by atoms with Gasteiger partial charge in [-0.2, -0.15) is 20.2 Å². The lowest BCUT2D eigenvalue weighted by Crippen LogP contribution is -2.14. The van der Waals surface area contributed by atoms with Crippen LogP contribution in [-0.2, 0) is 13.1 Å². The van der Waals surface area contributed by atoms with Crippen LogP contribution in [0.25, 0.3) is 5.69 Å². The Balaban J connectivity index is 1.59. The molecule has 8 heteroatoms. The quantitative estimate of drug-likeness (QED) is 0.670. The number of H-pyrrole nitrogens is 1. The Morgan fingerprint density at radius 2 is 2.05 bits per heavy atom. The minimum absolute atomic E-state index is 0.536. The van der Waals surface area contributed by atoms with Crippen molar-refractivity contribution in [2.24, 2.45) is 0 Å². The Labute approximate surface area is 108 Å². The molecule has 2 heterocycles. The molecule has 0 aliphatic heterocycles. The van der Waals surface area contributed by atoms with Crippen LogP contribution < -0.4 is 5.32 Å². The van der Waals surface area contributed by atoms with Crippen LogP contribution in [-0.4, -0.2) is 35.6 Å². The maximum atomic E-state index is 4.38. The van der Waals surface area contributed by atoms with Gasteiger partial charge in [0.2, 0.25) is 0 Å². The van der Waals surface area contributed by atoms with E-state index >= 15 is 0 Å². The maximum Gasteiger partial charge on any atom is 0.188 e. The van der Waals surface area contributed by atoms with Crippen molar-refractivity contribution in [2.45, 2.75) is 13.1 Å². The number of rotatable bonds is 5. The van der Waals surface area contributed by atoms with Crippen molar-refractivity contribution in [3.8, 4) is 5.69 Å². The van der Waals surface area contributed by atoms with Gasteiger partial charge in [0, 0.05) is 6.54 Å². The minimum atomic E-state index is 0.536. The highest BCUT2D eigenvalue weighted by Gasteiger charge is 2.03. The van der Waals surface area contributed by atoms with Crippen LogP contribution >= 0.6 is 0 Å². The minimum Gasteiger partial charge on any atom is -0.304 e. The number of benzene rings is 1. The summed E-state index contributed by atoms with van der Waals surface area (Å²) in [6, 6.07) is 9.77. The molecule has 19 heavy (non-hydrogen) atoms. The van der Waals surface area contributed by atoms with E-state index in [0.717, 1.165) is 11.4 Å². The van der Waals surface area contributed by atoms with E-state index in [2.05, 4.69) is 36.1 Å². The molecule has 0 spiro atoms. The number of nitrogens with one attached hydrogen (secondary N) is 2. The van der Waals surface area contributed by atoms with Crippen LogP contribution in [0.2, 0.25) is 0 Å². The summed E-state index contributed by atoms with van der Waals surface area (Å²) in [7, 11) is 0. The molecule has 0 saturated carbocycles. The van der Waals surface area contributed by atoms with Crippen LogP contribution in [0.1, 0.15) is 11.5 Å². The van der Waals surface area contributed by atoms with E-state index in [1.165, 1.54) is 0 Å². The number of aromatic amines is 1. The first kappa shape index (κ1) is 11.5. The molecular weight excluding hydrogens is 244 g/mol. The van der Waals surface area contributed by atoms with E-state index in [1.54, 1.807) is 11.0 Å². The van der Waals surface area contributed by atoms with Crippen molar-refractivity contribution < 1.29 is 0 Å². The summed E-state index contributed by atoms with van der Waals surface area (Å²) in [6.07, 6.45) is 1.73. The molecule has 1 aromatic carbocycles. The highest BCUT2D eigenvalue weighted by atomic mass is 15.5. The molecule has 96 valence electrons. The Morgan fingerprint density at radius 1 is 1.16 bits per heavy atom. The fraction of sp³-hybridized carbons (Fsp3) is 0.182. The molecule has 0 fully saturated rings. The topological polar surface area (TPSA) is 97.2 Å². The maximum absolute atomic E-state index is 4.38. The fourth-order valence-corrected chi connectivity index (χ4v) is 1.62. The molecule has 0 aliphatic rings. The Bertz CT molecular complexity index is 615. The largest absolute Gasteiger partial charge is 0.304 e. The van der Waals surface area contributed by atoms with E-state index in [9.17, 15) is 0 Å². The van der Waals surface area contributed by atoms with Gasteiger partial charge in [-0.25, -0.2) is 0 Å². The van der Waals surface area contributed by atoms with Crippen LogP contribution in [0.3, 0.4) is 0 Å². The standard InChI is InChI=1S/C11H12N8/c1-2-4-10(5-3-1)19-13-7-9(16-19)6-12-8-11-14-17-18-15-11/h1-5,7,12H,6,8H2,(H,14,15,17,18). The Hall–Kier alpha value is -2.61. The molecule has 8 nitrogen and oxygen atoms in total. The van der Waals surface area contributed by atoms with Gasteiger partial charge in [-0.3, -0.25) is 0 Å². The van der Waals surface area contributed by atoms with Crippen LogP contribution in [0, 0.1) is 0 Å². The summed E-state index contributed by atoms with van der Waals surface area (Å²) in [6.45, 7) is 1.13. The van der Waals surface area contributed by atoms with Gasteiger partial charge in [0.25, 0.3) is 0 Å². The predicted molar refractivity (Wildman–Crippen MR) is 66.1 cm³/mol. The van der Waals surface area contributed by atoms with Crippen molar-refractivity contribution in [1.29, 1.82) is 0 Å². The van der Waals surface area contributed by atoms with Crippen molar-refractivity contribution in [3.63, 3.8) is 0 Å². The molecule has 3 rings (SSSR count). The average Bonchev–Trinajstić information content (AvgIpc) is 3.11. The second kappa shape index (κ2) is 5.36. The van der Waals surface area contributed by atoms with Gasteiger partial charge in [-0.05, 0) is 12.1 Å². The number of hydrogen-bond acceptors (Lipinski definition) is 6. The smallest absolute Gasteiger partial charge is 0.188 e. The molecule has 0 aliphatic carbocycles. The third-order valence-corrected chi connectivity index (χ3v) is 2.50. The lowest BCUT2D eigenvalue weighted by atomic mass is 10.3. The predicted octanol–water partition coefficient (Wildman–Crippen LogP) is 0.0702. The van der Waals surface area contributed by atoms with Crippen LogP contribution in [0.5, 0.6) is 0 Å². The van der Waals surface area contributed by atoms with Gasteiger partial charge in [0.05, 0.1) is 24.1 Å². The zero-order valence-electron chi connectivity index (χ0n) is 10.1. The SMILES string of the molecule is c1ccc(-n2ncc(CNCc3nn[nH]n3)n2)cc1. The molecule has 0 unspecified atom stereocenters. The Morgan fingerprint density at radius 3 is 2.84 bits per heavy atom. The molecule has 0 saturated heterocycles. The molecule has 2 aromatic heterocycles. The van der Waals surface area contributed by atoms with Crippen LogP contribution in [0.4, 0.5) is 0 Å². The van der Waals surface area contributed by atoms with E-state index < -0.39 is 0 Å². The summed E-state index contributed by atoms with van der Waals surface area (Å²) in [5, 5.41) is 25.3. The third-order valence-electron chi connectivity index (χ3n) is 2.50. The number of aromatic nitrogens is 7. The summed E-state index contributed by atoms with van der Waals surface area (Å²) < 4.78 is 0. The normalized spacial score (nSPS) is 10.7. The first-order chi connectivity index (χ1) is 9.42. The highest BCUT2D eigenvalue weighted by molar-refractivity contribution is 5.28. The van der Waals surface area contributed by atoms with E-state index in [-0.39, 0.29) is 0 Å². The average molecular weight is 256 g/mol. The summed E-state index contributed by atoms with van der Waals surface area (Å²) in [5.41, 5.74) is 1.79. The zero-order valence-corrected chi connectivity index (χ0v) is 10.1. The fourth-order valence-electron chi connectivity index (χ4n) is 1.62. The molecule has 2 N–H and O–H groups in total. The Kier molecular flexibility index (Phi) is 3.24. The highest BCUT2D eigenvalue weighted by Crippen LogP contribution is 2.04. The van der Waals surface area contributed by atoms with Gasteiger partial charge in [0.1, 0.15) is 0 Å². The number of hydrogen-bond donors (Lipinski definition) is 2. The second-order valence-electron chi connectivity index (χ2n) is 3.89. The van der Waals surface area contributed by atoms with Gasteiger partial charge in [-0.15, -0.1) is 10.2 Å². The van der Waals surface area contributed by atoms with Crippen molar-refractivity contribution in [3.05, 3.63) is 48.0 Å². The summed E-state index contributed by atoms with van der Waals surface area (Å²) in [4.78, 5) is 1.60.